The molecule has 3 rings (SSSR count). The summed E-state index contributed by atoms with van der Waals surface area (Å²) >= 11 is 0. The van der Waals surface area contributed by atoms with Crippen molar-refractivity contribution in [2.45, 2.75) is 11.8 Å². The summed E-state index contributed by atoms with van der Waals surface area (Å²) in [4.78, 5) is 26.2. The van der Waals surface area contributed by atoms with Crippen molar-refractivity contribution in [2.75, 3.05) is 51.8 Å². The number of amides is 1. The number of esters is 1. The SMILES string of the molecule is CCOC(=O)c1ccc(NC(=O)CN2CCN(S(=O)(=O)c3ccc(OC)cc3)CC2)cc1. The first kappa shape index (κ1) is 23.7. The Morgan fingerprint density at radius 3 is 2.16 bits per heavy atom. The number of hydrogen-bond donors (Lipinski definition) is 1. The lowest BCUT2D eigenvalue weighted by molar-refractivity contribution is -0.117. The number of carbonyl (C=O) groups is 2. The Morgan fingerprint density at radius 2 is 1.59 bits per heavy atom. The minimum Gasteiger partial charge on any atom is -0.497 e. The first-order valence-electron chi connectivity index (χ1n) is 10.3. The summed E-state index contributed by atoms with van der Waals surface area (Å²) in [5, 5.41) is 2.79. The van der Waals surface area contributed by atoms with Crippen LogP contribution in [-0.4, -0.2) is 75.9 Å². The van der Waals surface area contributed by atoms with Gasteiger partial charge in [-0.2, -0.15) is 4.31 Å². The van der Waals surface area contributed by atoms with Gasteiger partial charge >= 0.3 is 5.97 Å². The molecule has 10 heteroatoms. The molecule has 1 saturated heterocycles. The van der Waals surface area contributed by atoms with Crippen LogP contribution < -0.4 is 10.1 Å². The first-order chi connectivity index (χ1) is 15.3. The van der Waals surface area contributed by atoms with E-state index in [0.717, 1.165) is 0 Å². The van der Waals surface area contributed by atoms with E-state index in [1.807, 2.05) is 4.90 Å². The first-order valence-corrected chi connectivity index (χ1v) is 11.7. The van der Waals surface area contributed by atoms with E-state index < -0.39 is 16.0 Å². The molecule has 1 aliphatic heterocycles. The predicted molar refractivity (Wildman–Crippen MR) is 119 cm³/mol. The summed E-state index contributed by atoms with van der Waals surface area (Å²) in [6, 6.07) is 12.8. The lowest BCUT2D eigenvalue weighted by atomic mass is 10.2. The Hall–Kier alpha value is -2.95. The second-order valence-corrected chi connectivity index (χ2v) is 9.14. The van der Waals surface area contributed by atoms with Gasteiger partial charge in [-0.1, -0.05) is 0 Å². The average Bonchev–Trinajstić information content (AvgIpc) is 2.80. The third kappa shape index (κ3) is 5.84. The van der Waals surface area contributed by atoms with E-state index >= 15 is 0 Å². The lowest BCUT2D eigenvalue weighted by Crippen LogP contribution is -2.50. The minimum atomic E-state index is -3.59. The number of nitrogens with zero attached hydrogens (tertiary/aromatic N) is 2. The molecule has 1 fully saturated rings. The second kappa shape index (κ2) is 10.6. The largest absolute Gasteiger partial charge is 0.497 e. The number of benzene rings is 2. The number of methoxy groups -OCH3 is 1. The highest BCUT2D eigenvalue weighted by molar-refractivity contribution is 7.89. The van der Waals surface area contributed by atoms with Crippen molar-refractivity contribution in [3.05, 3.63) is 54.1 Å². The Bertz CT molecular complexity index is 1030. The monoisotopic (exact) mass is 461 g/mol. The molecule has 0 unspecified atom stereocenters. The summed E-state index contributed by atoms with van der Waals surface area (Å²) < 4.78 is 37.1. The van der Waals surface area contributed by atoms with E-state index in [9.17, 15) is 18.0 Å². The Labute approximate surface area is 188 Å². The number of anilines is 1. The molecule has 1 heterocycles. The molecule has 172 valence electrons. The molecule has 0 radical (unpaired) electrons. The molecule has 0 bridgehead atoms. The highest BCUT2D eigenvalue weighted by atomic mass is 32.2. The summed E-state index contributed by atoms with van der Waals surface area (Å²) in [7, 11) is -2.06. The standard InChI is InChI=1S/C22H27N3O6S/c1-3-31-22(27)17-4-6-18(7-5-17)23-21(26)16-24-12-14-25(15-13-24)32(28,29)20-10-8-19(30-2)9-11-20/h4-11H,3,12-16H2,1-2H3,(H,23,26). The van der Waals surface area contributed by atoms with Gasteiger partial charge in [0.1, 0.15) is 5.75 Å². The van der Waals surface area contributed by atoms with Gasteiger partial charge in [0, 0.05) is 31.9 Å². The molecule has 1 N–H and O–H groups in total. The van der Waals surface area contributed by atoms with Gasteiger partial charge in [0.05, 0.1) is 30.7 Å². The fourth-order valence-electron chi connectivity index (χ4n) is 3.33. The third-order valence-electron chi connectivity index (χ3n) is 5.08. The van der Waals surface area contributed by atoms with Crippen LogP contribution in [0.25, 0.3) is 0 Å². The van der Waals surface area contributed by atoms with Crippen molar-refractivity contribution in [1.29, 1.82) is 0 Å². The summed E-state index contributed by atoms with van der Waals surface area (Å²) in [5.41, 5.74) is 0.989. The number of hydrogen-bond acceptors (Lipinski definition) is 7. The van der Waals surface area contributed by atoms with E-state index in [-0.39, 0.29) is 17.3 Å². The summed E-state index contributed by atoms with van der Waals surface area (Å²) in [6.45, 7) is 3.68. The molecular weight excluding hydrogens is 434 g/mol. The molecule has 0 aromatic heterocycles. The topological polar surface area (TPSA) is 105 Å². The van der Waals surface area contributed by atoms with Gasteiger partial charge in [-0.05, 0) is 55.5 Å². The zero-order chi connectivity index (χ0) is 23.1. The van der Waals surface area contributed by atoms with Gasteiger partial charge in [-0.3, -0.25) is 9.69 Å². The van der Waals surface area contributed by atoms with Crippen molar-refractivity contribution in [3.63, 3.8) is 0 Å². The molecule has 9 nitrogen and oxygen atoms in total. The predicted octanol–water partition coefficient (Wildman–Crippen LogP) is 1.82. The van der Waals surface area contributed by atoms with E-state index in [1.54, 1.807) is 43.3 Å². The van der Waals surface area contributed by atoms with Crippen LogP contribution in [0.2, 0.25) is 0 Å². The normalized spacial score (nSPS) is 15.2. The van der Waals surface area contributed by atoms with Crippen LogP contribution in [0.5, 0.6) is 5.75 Å². The Morgan fingerprint density at radius 1 is 0.969 bits per heavy atom. The fraction of sp³-hybridized carbons (Fsp3) is 0.364. The Balaban J connectivity index is 1.50. The molecule has 0 aliphatic carbocycles. The average molecular weight is 462 g/mol. The fourth-order valence-corrected chi connectivity index (χ4v) is 4.75. The van der Waals surface area contributed by atoms with Crippen molar-refractivity contribution < 1.29 is 27.5 Å². The van der Waals surface area contributed by atoms with Gasteiger partial charge in [-0.15, -0.1) is 0 Å². The van der Waals surface area contributed by atoms with Crippen molar-refractivity contribution in [2.24, 2.45) is 0 Å². The number of carbonyl (C=O) groups excluding carboxylic acids is 2. The van der Waals surface area contributed by atoms with Crippen LogP contribution in [0, 0.1) is 0 Å². The maximum absolute atomic E-state index is 12.8. The van der Waals surface area contributed by atoms with Crippen molar-refractivity contribution in [3.8, 4) is 5.75 Å². The van der Waals surface area contributed by atoms with Gasteiger partial charge in [0.15, 0.2) is 0 Å². The molecule has 2 aromatic carbocycles. The molecule has 0 atom stereocenters. The number of ether oxygens (including phenoxy) is 2. The van der Waals surface area contributed by atoms with E-state index in [1.165, 1.54) is 23.5 Å². The molecule has 2 aromatic rings. The molecule has 0 saturated carbocycles. The summed E-state index contributed by atoms with van der Waals surface area (Å²) in [6.07, 6.45) is 0. The number of sulfonamides is 1. The highest BCUT2D eigenvalue weighted by Gasteiger charge is 2.29. The van der Waals surface area contributed by atoms with Crippen molar-refractivity contribution >= 4 is 27.6 Å². The maximum atomic E-state index is 12.8. The van der Waals surface area contributed by atoms with E-state index in [2.05, 4.69) is 5.32 Å². The number of nitrogens with one attached hydrogen (secondary N) is 1. The highest BCUT2D eigenvalue weighted by Crippen LogP contribution is 2.20. The number of rotatable bonds is 8. The molecule has 0 spiro atoms. The van der Waals surface area contributed by atoms with Crippen molar-refractivity contribution in [1.82, 2.24) is 9.21 Å². The zero-order valence-corrected chi connectivity index (χ0v) is 18.9. The van der Waals surface area contributed by atoms with Gasteiger partial charge in [-0.25, -0.2) is 13.2 Å². The zero-order valence-electron chi connectivity index (χ0n) is 18.1. The van der Waals surface area contributed by atoms with Gasteiger partial charge in [0.25, 0.3) is 0 Å². The quantitative estimate of drug-likeness (QED) is 0.598. The Kier molecular flexibility index (Phi) is 7.84. The van der Waals surface area contributed by atoms with Crippen LogP contribution in [0.4, 0.5) is 5.69 Å². The van der Waals surface area contributed by atoms with Gasteiger partial charge < -0.3 is 14.8 Å². The molecule has 32 heavy (non-hydrogen) atoms. The lowest BCUT2D eigenvalue weighted by Gasteiger charge is -2.33. The smallest absolute Gasteiger partial charge is 0.338 e. The molecular formula is C22H27N3O6S. The third-order valence-corrected chi connectivity index (χ3v) is 6.99. The number of piperazine rings is 1. The van der Waals surface area contributed by atoms with Crippen LogP contribution in [0.1, 0.15) is 17.3 Å². The van der Waals surface area contributed by atoms with E-state index in [0.29, 0.717) is 49.8 Å². The summed E-state index contributed by atoms with van der Waals surface area (Å²) in [5.74, 6) is -0.0245. The minimum absolute atomic E-state index is 0.149. The molecule has 1 aliphatic rings. The van der Waals surface area contributed by atoms with Crippen LogP contribution >= 0.6 is 0 Å². The molecule has 1 amide bonds. The van der Waals surface area contributed by atoms with Crippen LogP contribution in [0.15, 0.2) is 53.4 Å². The van der Waals surface area contributed by atoms with Crippen LogP contribution in [-0.2, 0) is 19.6 Å². The second-order valence-electron chi connectivity index (χ2n) is 7.20. The van der Waals surface area contributed by atoms with Gasteiger partial charge in [0.2, 0.25) is 15.9 Å². The van der Waals surface area contributed by atoms with E-state index in [4.69, 9.17) is 9.47 Å². The maximum Gasteiger partial charge on any atom is 0.338 e. The van der Waals surface area contributed by atoms with Crippen LogP contribution in [0.3, 0.4) is 0 Å².